The predicted molar refractivity (Wildman–Crippen MR) is 54.7 cm³/mol. The van der Waals surface area contributed by atoms with Crippen LogP contribution in [0.2, 0.25) is 0 Å². The van der Waals surface area contributed by atoms with E-state index in [4.69, 9.17) is 5.11 Å². The summed E-state index contributed by atoms with van der Waals surface area (Å²) in [7, 11) is 0. The van der Waals surface area contributed by atoms with Crippen molar-refractivity contribution in [3.8, 4) is 0 Å². The van der Waals surface area contributed by atoms with Gasteiger partial charge in [-0.2, -0.15) is 0 Å². The van der Waals surface area contributed by atoms with E-state index in [2.05, 4.69) is 5.32 Å². The summed E-state index contributed by atoms with van der Waals surface area (Å²) in [5.41, 5.74) is 0. The molecular weight excluding hydrogens is 220 g/mol. The minimum absolute atomic E-state index is 0.137. The van der Waals surface area contributed by atoms with Gasteiger partial charge in [0.15, 0.2) is 0 Å². The van der Waals surface area contributed by atoms with Gasteiger partial charge >= 0.3 is 12.0 Å². The molecule has 84 valence electrons. The van der Waals surface area contributed by atoms with Crippen LogP contribution in [0.15, 0.2) is 0 Å². The highest BCUT2D eigenvalue weighted by molar-refractivity contribution is 8.01. The van der Waals surface area contributed by atoms with Crippen molar-refractivity contribution in [3.05, 3.63) is 0 Å². The Morgan fingerprint density at radius 1 is 1.67 bits per heavy atom. The maximum Gasteiger partial charge on any atom is 0.324 e. The van der Waals surface area contributed by atoms with E-state index in [1.54, 1.807) is 6.92 Å². The third-order valence-electron chi connectivity index (χ3n) is 1.93. The number of carboxylic acids is 1. The monoisotopic (exact) mass is 232 g/mol. The fraction of sp³-hybridized carbons (Fsp3) is 0.625. The second-order valence-electron chi connectivity index (χ2n) is 3.07. The molecule has 1 unspecified atom stereocenters. The maximum absolute atomic E-state index is 11.6. The zero-order valence-electron chi connectivity index (χ0n) is 8.23. The van der Waals surface area contributed by atoms with E-state index in [-0.39, 0.29) is 11.7 Å². The van der Waals surface area contributed by atoms with Crippen molar-refractivity contribution in [1.82, 2.24) is 10.2 Å². The molecule has 1 fully saturated rings. The van der Waals surface area contributed by atoms with Gasteiger partial charge in [-0.15, -0.1) is 11.8 Å². The number of nitrogens with zero attached hydrogens (tertiary/aromatic N) is 1. The molecule has 1 rings (SSSR count). The zero-order chi connectivity index (χ0) is 11.4. The Bertz CT molecular complexity index is 294. The Labute approximate surface area is 91.0 Å². The first-order valence-corrected chi connectivity index (χ1v) is 5.50. The lowest BCUT2D eigenvalue weighted by Crippen LogP contribution is -2.39. The molecule has 0 aromatic heterocycles. The molecule has 0 aromatic carbocycles. The van der Waals surface area contributed by atoms with Crippen LogP contribution in [0.25, 0.3) is 0 Å². The number of hydrogen-bond acceptors (Lipinski definition) is 4. The molecule has 1 heterocycles. The highest BCUT2D eigenvalue weighted by Gasteiger charge is 2.29. The van der Waals surface area contributed by atoms with Crippen molar-refractivity contribution < 1.29 is 19.5 Å². The fourth-order valence-corrected chi connectivity index (χ4v) is 1.83. The third kappa shape index (κ3) is 3.12. The lowest BCUT2D eigenvalue weighted by atomic mass is 10.4. The number of thioether (sulfide) groups is 1. The SMILES string of the molecule is CC(SCC(=O)O)C(=O)N1CCNC1=O. The van der Waals surface area contributed by atoms with E-state index in [1.807, 2.05) is 0 Å². The molecule has 0 aliphatic carbocycles. The molecule has 0 aromatic rings. The third-order valence-corrected chi connectivity index (χ3v) is 3.04. The van der Waals surface area contributed by atoms with Crippen molar-refractivity contribution >= 4 is 29.7 Å². The number of carbonyl (C=O) groups is 3. The minimum Gasteiger partial charge on any atom is -0.481 e. The van der Waals surface area contributed by atoms with Gasteiger partial charge in [0.05, 0.1) is 11.0 Å². The topological polar surface area (TPSA) is 86.7 Å². The average molecular weight is 232 g/mol. The molecule has 0 saturated carbocycles. The number of aliphatic carboxylic acids is 1. The highest BCUT2D eigenvalue weighted by atomic mass is 32.2. The van der Waals surface area contributed by atoms with Gasteiger partial charge in [0.2, 0.25) is 5.91 Å². The van der Waals surface area contributed by atoms with Crippen molar-refractivity contribution in [2.24, 2.45) is 0 Å². The first-order chi connectivity index (χ1) is 7.02. The number of hydrogen-bond donors (Lipinski definition) is 2. The first kappa shape index (κ1) is 11.8. The predicted octanol–water partition coefficient (Wildman–Crippen LogP) is -0.255. The summed E-state index contributed by atoms with van der Waals surface area (Å²) in [4.78, 5) is 34.1. The van der Waals surface area contributed by atoms with Crippen LogP contribution in [-0.2, 0) is 9.59 Å². The van der Waals surface area contributed by atoms with Gasteiger partial charge in [0.1, 0.15) is 0 Å². The van der Waals surface area contributed by atoms with Crippen LogP contribution in [0, 0.1) is 0 Å². The number of nitrogens with one attached hydrogen (secondary N) is 1. The molecule has 7 heteroatoms. The van der Waals surface area contributed by atoms with Crippen molar-refractivity contribution in [2.45, 2.75) is 12.2 Å². The van der Waals surface area contributed by atoms with Gasteiger partial charge in [-0.25, -0.2) is 4.79 Å². The number of rotatable bonds is 4. The summed E-state index contributed by atoms with van der Waals surface area (Å²) in [5.74, 6) is -1.44. The van der Waals surface area contributed by atoms with E-state index >= 15 is 0 Å². The summed E-state index contributed by atoms with van der Waals surface area (Å²) in [5, 5.41) is 10.4. The molecule has 15 heavy (non-hydrogen) atoms. The second-order valence-corrected chi connectivity index (χ2v) is 4.40. The van der Waals surface area contributed by atoms with E-state index in [0.29, 0.717) is 13.1 Å². The molecule has 6 nitrogen and oxygen atoms in total. The van der Waals surface area contributed by atoms with Crippen LogP contribution in [-0.4, -0.2) is 52.0 Å². The summed E-state index contributed by atoms with van der Waals surface area (Å²) in [6.45, 7) is 2.41. The quantitative estimate of drug-likeness (QED) is 0.697. The van der Waals surface area contributed by atoms with Gasteiger partial charge in [0, 0.05) is 13.1 Å². The molecule has 0 bridgehead atoms. The van der Waals surface area contributed by atoms with Crippen LogP contribution in [0.1, 0.15) is 6.92 Å². The minimum atomic E-state index is -0.967. The summed E-state index contributed by atoms with van der Waals surface area (Å²) < 4.78 is 0. The summed E-state index contributed by atoms with van der Waals surface area (Å²) >= 11 is 1.01. The smallest absolute Gasteiger partial charge is 0.324 e. The lowest BCUT2D eigenvalue weighted by Gasteiger charge is -2.16. The Morgan fingerprint density at radius 3 is 2.80 bits per heavy atom. The van der Waals surface area contributed by atoms with Crippen molar-refractivity contribution in [1.29, 1.82) is 0 Å². The molecule has 0 radical (unpaired) electrons. The Kier molecular flexibility index (Phi) is 3.96. The highest BCUT2D eigenvalue weighted by Crippen LogP contribution is 2.14. The average Bonchev–Trinajstić information content (AvgIpc) is 2.59. The van der Waals surface area contributed by atoms with E-state index in [9.17, 15) is 14.4 Å². The van der Waals surface area contributed by atoms with Gasteiger partial charge in [-0.3, -0.25) is 14.5 Å². The molecule has 3 amide bonds. The maximum atomic E-state index is 11.6. The molecule has 1 aliphatic rings. The second kappa shape index (κ2) is 5.01. The number of urea groups is 1. The normalized spacial score (nSPS) is 17.4. The van der Waals surface area contributed by atoms with Crippen LogP contribution >= 0.6 is 11.8 Å². The van der Waals surface area contributed by atoms with Crippen LogP contribution in [0.5, 0.6) is 0 Å². The number of imide groups is 1. The lowest BCUT2D eigenvalue weighted by molar-refractivity contribution is -0.133. The standard InChI is InChI=1S/C8H12N2O4S/c1-5(15-4-6(11)12)7(13)10-3-2-9-8(10)14/h5H,2-4H2,1H3,(H,9,14)(H,11,12). The van der Waals surface area contributed by atoms with E-state index in [0.717, 1.165) is 16.7 Å². The molecular formula is C8H12N2O4S. The van der Waals surface area contributed by atoms with E-state index in [1.165, 1.54) is 0 Å². The zero-order valence-corrected chi connectivity index (χ0v) is 9.04. The van der Waals surface area contributed by atoms with Gasteiger partial charge in [-0.05, 0) is 6.92 Å². The Hall–Kier alpha value is -1.24. The fourth-order valence-electron chi connectivity index (χ4n) is 1.17. The Balaban J connectivity index is 2.45. The van der Waals surface area contributed by atoms with Gasteiger partial charge in [0.25, 0.3) is 0 Å². The summed E-state index contributed by atoms with van der Waals surface area (Å²) in [6.07, 6.45) is 0. The van der Waals surface area contributed by atoms with Crippen molar-refractivity contribution in [2.75, 3.05) is 18.8 Å². The van der Waals surface area contributed by atoms with E-state index < -0.39 is 17.3 Å². The Morgan fingerprint density at radius 2 is 2.33 bits per heavy atom. The van der Waals surface area contributed by atoms with Crippen LogP contribution < -0.4 is 5.32 Å². The number of carboxylic acid groups (broad SMARTS) is 1. The molecule has 0 spiro atoms. The van der Waals surface area contributed by atoms with Crippen LogP contribution in [0.4, 0.5) is 4.79 Å². The number of amides is 3. The summed E-state index contributed by atoms with van der Waals surface area (Å²) in [6, 6.07) is -0.400. The molecule has 1 aliphatic heterocycles. The van der Waals surface area contributed by atoms with Gasteiger partial charge < -0.3 is 10.4 Å². The molecule has 1 atom stereocenters. The van der Waals surface area contributed by atoms with Gasteiger partial charge in [-0.1, -0.05) is 0 Å². The number of carbonyl (C=O) groups excluding carboxylic acids is 2. The molecule has 2 N–H and O–H groups in total. The molecule has 1 saturated heterocycles. The van der Waals surface area contributed by atoms with Crippen molar-refractivity contribution in [3.63, 3.8) is 0 Å². The first-order valence-electron chi connectivity index (χ1n) is 4.45. The largest absolute Gasteiger partial charge is 0.481 e. The van der Waals surface area contributed by atoms with Crippen LogP contribution in [0.3, 0.4) is 0 Å².